The molecular formula is C52H30S2. The summed E-state index contributed by atoms with van der Waals surface area (Å²) in [6, 6.07) is 67.8. The maximum atomic E-state index is 2.43. The van der Waals surface area contributed by atoms with Crippen molar-refractivity contribution in [2.45, 2.75) is 0 Å². The Morgan fingerprint density at radius 3 is 1.43 bits per heavy atom. The largest absolute Gasteiger partial charge is 0.135 e. The molecule has 12 aromatic rings. The second kappa shape index (κ2) is 11.6. The van der Waals surface area contributed by atoms with E-state index in [4.69, 9.17) is 0 Å². The Kier molecular flexibility index (Phi) is 6.48. The first-order valence-corrected chi connectivity index (χ1v) is 20.1. The maximum Gasteiger partial charge on any atom is 0.0440 e. The predicted octanol–water partition coefficient (Wildman–Crippen LogP) is 16.0. The van der Waals surface area contributed by atoms with Gasteiger partial charge in [0.15, 0.2) is 0 Å². The van der Waals surface area contributed by atoms with Crippen LogP contribution in [0.4, 0.5) is 0 Å². The van der Waals surface area contributed by atoms with Crippen LogP contribution in [0.3, 0.4) is 0 Å². The standard InChI is InChI=1S/C52H30S2/c1-2-12-34-29-36(26-21-31(34)11-1)48-40-17-7-5-15-38(40)47(39-16-6-8-18-41(39)48)32-22-24-33(25-23-32)49-37-14-4-3-13-35(37)30-43-51-46(54-52(43)49)28-27-45-50(51)42-19-9-10-20-44(42)53-45/h1-30H. The summed E-state index contributed by atoms with van der Waals surface area (Å²) in [5.74, 6) is 0. The van der Waals surface area contributed by atoms with Gasteiger partial charge in [-0.2, -0.15) is 0 Å². The zero-order valence-electron chi connectivity index (χ0n) is 29.1. The van der Waals surface area contributed by atoms with Crippen molar-refractivity contribution in [3.8, 4) is 33.4 Å². The zero-order valence-corrected chi connectivity index (χ0v) is 30.8. The van der Waals surface area contributed by atoms with E-state index in [1.165, 1.54) is 117 Å². The molecule has 12 rings (SSSR count). The average Bonchev–Trinajstić information content (AvgIpc) is 3.80. The summed E-state index contributed by atoms with van der Waals surface area (Å²) >= 11 is 3.83. The Bertz CT molecular complexity index is 3430. The summed E-state index contributed by atoms with van der Waals surface area (Å²) in [5.41, 5.74) is 7.64. The van der Waals surface area contributed by atoms with Gasteiger partial charge < -0.3 is 0 Å². The fourth-order valence-electron chi connectivity index (χ4n) is 9.07. The Hall–Kier alpha value is -6.32. The van der Waals surface area contributed by atoms with Gasteiger partial charge in [-0.3, -0.25) is 0 Å². The summed E-state index contributed by atoms with van der Waals surface area (Å²) in [6.45, 7) is 0. The lowest BCUT2D eigenvalue weighted by Gasteiger charge is -2.18. The van der Waals surface area contributed by atoms with E-state index in [1.807, 2.05) is 22.7 Å². The van der Waals surface area contributed by atoms with E-state index in [9.17, 15) is 0 Å². The van der Waals surface area contributed by atoms with Crippen molar-refractivity contribution >= 4 is 106 Å². The predicted molar refractivity (Wildman–Crippen MR) is 239 cm³/mol. The molecule has 0 fully saturated rings. The van der Waals surface area contributed by atoms with E-state index in [1.54, 1.807) is 0 Å². The highest BCUT2D eigenvalue weighted by molar-refractivity contribution is 7.28. The quantitative estimate of drug-likeness (QED) is 0.160. The third-order valence-electron chi connectivity index (χ3n) is 11.4. The van der Waals surface area contributed by atoms with Gasteiger partial charge in [-0.1, -0.05) is 152 Å². The molecule has 250 valence electrons. The van der Waals surface area contributed by atoms with E-state index >= 15 is 0 Å². The second-order valence-electron chi connectivity index (χ2n) is 14.3. The maximum absolute atomic E-state index is 2.43. The molecule has 0 N–H and O–H groups in total. The lowest BCUT2D eigenvalue weighted by Crippen LogP contribution is -1.91. The first-order chi connectivity index (χ1) is 26.8. The fraction of sp³-hybridized carbons (Fsp3) is 0. The molecule has 0 unspecified atom stereocenters. The van der Waals surface area contributed by atoms with Crippen LogP contribution in [0, 0.1) is 0 Å². The van der Waals surface area contributed by atoms with Gasteiger partial charge in [0.05, 0.1) is 0 Å². The summed E-state index contributed by atoms with van der Waals surface area (Å²) in [4.78, 5) is 0. The lowest BCUT2D eigenvalue weighted by molar-refractivity contribution is 1.65. The van der Waals surface area contributed by atoms with Crippen molar-refractivity contribution in [2.75, 3.05) is 0 Å². The van der Waals surface area contributed by atoms with Crippen LogP contribution in [0.2, 0.25) is 0 Å². The molecule has 0 aliphatic carbocycles. The molecule has 0 saturated heterocycles. The van der Waals surface area contributed by atoms with Crippen LogP contribution in [0.5, 0.6) is 0 Å². The van der Waals surface area contributed by atoms with Crippen molar-refractivity contribution in [1.29, 1.82) is 0 Å². The molecule has 0 atom stereocenters. The molecule has 0 amide bonds. The highest BCUT2D eigenvalue weighted by Gasteiger charge is 2.20. The molecule has 0 saturated carbocycles. The van der Waals surface area contributed by atoms with Crippen LogP contribution in [-0.2, 0) is 0 Å². The third kappa shape index (κ3) is 4.36. The smallest absolute Gasteiger partial charge is 0.0440 e. The number of rotatable bonds is 3. The monoisotopic (exact) mass is 718 g/mol. The summed E-state index contributed by atoms with van der Waals surface area (Å²) in [7, 11) is 0. The molecule has 0 spiro atoms. The fourth-order valence-corrected chi connectivity index (χ4v) is 11.5. The van der Waals surface area contributed by atoms with Crippen LogP contribution >= 0.6 is 22.7 Å². The minimum atomic E-state index is 1.23. The number of thiophene rings is 2. The third-order valence-corrected chi connectivity index (χ3v) is 13.7. The van der Waals surface area contributed by atoms with Gasteiger partial charge >= 0.3 is 0 Å². The van der Waals surface area contributed by atoms with E-state index in [0.717, 1.165) is 0 Å². The van der Waals surface area contributed by atoms with E-state index < -0.39 is 0 Å². The number of hydrogen-bond acceptors (Lipinski definition) is 2. The van der Waals surface area contributed by atoms with Crippen LogP contribution in [0.15, 0.2) is 182 Å². The zero-order chi connectivity index (χ0) is 35.3. The number of hydrogen-bond donors (Lipinski definition) is 0. The highest BCUT2D eigenvalue weighted by Crippen LogP contribution is 2.50. The Morgan fingerprint density at radius 2 is 0.741 bits per heavy atom. The Labute approximate surface area is 319 Å². The van der Waals surface area contributed by atoms with Crippen molar-refractivity contribution in [1.82, 2.24) is 0 Å². The van der Waals surface area contributed by atoms with Crippen LogP contribution in [0.1, 0.15) is 0 Å². The summed E-state index contributed by atoms with van der Waals surface area (Å²) < 4.78 is 5.41. The molecule has 2 heterocycles. The number of benzene rings is 10. The molecule has 0 aliphatic heterocycles. The molecule has 54 heavy (non-hydrogen) atoms. The molecular weight excluding hydrogens is 689 g/mol. The SMILES string of the molecule is c1ccc2cc(-c3c4ccccc4c(-c4ccc(-c5c6ccccc6cc6c5sc5ccc7sc8ccccc8c7c56)cc4)c4ccccc34)ccc2c1. The van der Waals surface area contributed by atoms with Crippen molar-refractivity contribution < 1.29 is 0 Å². The molecule has 0 nitrogen and oxygen atoms in total. The van der Waals surface area contributed by atoms with Crippen molar-refractivity contribution in [3.63, 3.8) is 0 Å². The molecule has 2 heteroatoms. The minimum Gasteiger partial charge on any atom is -0.135 e. The molecule has 10 aromatic carbocycles. The van der Waals surface area contributed by atoms with E-state index in [-0.39, 0.29) is 0 Å². The second-order valence-corrected chi connectivity index (χ2v) is 16.5. The van der Waals surface area contributed by atoms with Gasteiger partial charge in [0, 0.05) is 45.9 Å². The van der Waals surface area contributed by atoms with E-state index in [0.29, 0.717) is 0 Å². The molecule has 0 aliphatic rings. The van der Waals surface area contributed by atoms with E-state index in [2.05, 4.69) is 182 Å². The Morgan fingerprint density at radius 1 is 0.259 bits per heavy atom. The van der Waals surface area contributed by atoms with Crippen LogP contribution in [-0.4, -0.2) is 0 Å². The van der Waals surface area contributed by atoms with Crippen molar-refractivity contribution in [3.05, 3.63) is 182 Å². The van der Waals surface area contributed by atoms with Gasteiger partial charge in [-0.15, -0.1) is 22.7 Å². The highest BCUT2D eigenvalue weighted by atomic mass is 32.1. The average molecular weight is 719 g/mol. The van der Waals surface area contributed by atoms with Crippen LogP contribution < -0.4 is 0 Å². The molecule has 2 aromatic heterocycles. The first-order valence-electron chi connectivity index (χ1n) is 18.5. The molecule has 0 radical (unpaired) electrons. The summed E-state index contributed by atoms with van der Waals surface area (Å²) in [5, 5.41) is 15.7. The topological polar surface area (TPSA) is 0 Å². The molecule has 0 bridgehead atoms. The van der Waals surface area contributed by atoms with Crippen molar-refractivity contribution in [2.24, 2.45) is 0 Å². The van der Waals surface area contributed by atoms with Gasteiger partial charge in [0.2, 0.25) is 0 Å². The van der Waals surface area contributed by atoms with Gasteiger partial charge in [-0.05, 0) is 101 Å². The first kappa shape index (κ1) is 30.2. The lowest BCUT2D eigenvalue weighted by atomic mass is 9.85. The van der Waals surface area contributed by atoms with Gasteiger partial charge in [0.1, 0.15) is 0 Å². The summed E-state index contributed by atoms with van der Waals surface area (Å²) in [6.07, 6.45) is 0. The normalized spacial score (nSPS) is 12.1. The number of fused-ring (bicyclic) bond motifs is 11. The van der Waals surface area contributed by atoms with Crippen LogP contribution in [0.25, 0.3) is 117 Å². The minimum absolute atomic E-state index is 1.23. The Balaban J connectivity index is 1.09. The van der Waals surface area contributed by atoms with Gasteiger partial charge in [0.25, 0.3) is 0 Å². The van der Waals surface area contributed by atoms with Gasteiger partial charge in [-0.25, -0.2) is 0 Å².